The van der Waals surface area contributed by atoms with Gasteiger partial charge in [-0.25, -0.2) is 9.97 Å². The summed E-state index contributed by atoms with van der Waals surface area (Å²) in [6.07, 6.45) is 4.60. The molecule has 1 N–H and O–H groups in total. The summed E-state index contributed by atoms with van der Waals surface area (Å²) in [7, 11) is 0. The third kappa shape index (κ3) is 3.55. The van der Waals surface area contributed by atoms with Crippen LogP contribution in [0, 0.1) is 5.95 Å². The molecule has 2 aromatic heterocycles. The van der Waals surface area contributed by atoms with Crippen LogP contribution in [0.5, 0.6) is 0 Å². The average molecular weight is 235 g/mol. The summed E-state index contributed by atoms with van der Waals surface area (Å²) in [6, 6.07) is 5.28. The van der Waals surface area contributed by atoms with Crippen LogP contribution in [0.15, 0.2) is 35.2 Å². The molecule has 17 heavy (non-hydrogen) atoms. The van der Waals surface area contributed by atoms with Crippen LogP contribution in [-0.2, 0) is 6.42 Å². The second-order valence-corrected chi connectivity index (χ2v) is 3.89. The van der Waals surface area contributed by atoms with E-state index in [1.807, 2.05) is 19.1 Å². The summed E-state index contributed by atoms with van der Waals surface area (Å²) < 4.78 is 18.1. The van der Waals surface area contributed by atoms with E-state index in [2.05, 4.69) is 15.3 Å². The standard InChI is InChI=1S/C12H14FN3O/c1-9(4-5-10-3-2-6-17-10)16-12-7-11(13)14-8-15-12/h2-3,6-9H,4-5H2,1H3,(H,14,15,16). The minimum atomic E-state index is -0.527. The fourth-order valence-corrected chi connectivity index (χ4v) is 1.55. The molecule has 5 heteroatoms. The first-order valence-corrected chi connectivity index (χ1v) is 5.50. The maximum absolute atomic E-state index is 12.8. The number of nitrogens with zero attached hydrogens (tertiary/aromatic N) is 2. The van der Waals surface area contributed by atoms with Crippen molar-refractivity contribution < 1.29 is 8.81 Å². The smallest absolute Gasteiger partial charge is 0.217 e. The zero-order chi connectivity index (χ0) is 12.1. The largest absolute Gasteiger partial charge is 0.469 e. The molecule has 2 heterocycles. The first-order valence-electron chi connectivity index (χ1n) is 5.50. The fraction of sp³-hybridized carbons (Fsp3) is 0.333. The van der Waals surface area contributed by atoms with Crippen molar-refractivity contribution in [1.82, 2.24) is 9.97 Å². The van der Waals surface area contributed by atoms with E-state index in [1.54, 1.807) is 6.26 Å². The quantitative estimate of drug-likeness (QED) is 0.809. The highest BCUT2D eigenvalue weighted by molar-refractivity contribution is 5.33. The Morgan fingerprint density at radius 2 is 2.35 bits per heavy atom. The first-order chi connectivity index (χ1) is 8.24. The molecule has 0 aliphatic heterocycles. The van der Waals surface area contributed by atoms with Gasteiger partial charge < -0.3 is 9.73 Å². The van der Waals surface area contributed by atoms with Gasteiger partial charge in [0.2, 0.25) is 5.95 Å². The van der Waals surface area contributed by atoms with E-state index >= 15 is 0 Å². The molecule has 0 amide bonds. The Balaban J connectivity index is 1.83. The molecule has 1 unspecified atom stereocenters. The lowest BCUT2D eigenvalue weighted by Crippen LogP contribution is -2.17. The van der Waals surface area contributed by atoms with Gasteiger partial charge in [-0.3, -0.25) is 0 Å². The molecule has 0 bridgehead atoms. The number of furan rings is 1. The minimum Gasteiger partial charge on any atom is -0.469 e. The Kier molecular flexibility index (Phi) is 3.69. The number of aryl methyl sites for hydroxylation is 1. The Hall–Kier alpha value is -1.91. The lowest BCUT2D eigenvalue weighted by atomic mass is 10.1. The molecule has 0 spiro atoms. The fourth-order valence-electron chi connectivity index (χ4n) is 1.55. The number of rotatable bonds is 5. The maximum atomic E-state index is 12.8. The number of nitrogens with one attached hydrogen (secondary N) is 1. The van der Waals surface area contributed by atoms with Crippen molar-refractivity contribution >= 4 is 5.82 Å². The van der Waals surface area contributed by atoms with E-state index in [1.165, 1.54) is 12.4 Å². The summed E-state index contributed by atoms with van der Waals surface area (Å²) in [5, 5.41) is 3.11. The predicted molar refractivity (Wildman–Crippen MR) is 62.1 cm³/mol. The first kappa shape index (κ1) is 11.6. The van der Waals surface area contributed by atoms with Crippen LogP contribution in [0.3, 0.4) is 0 Å². The van der Waals surface area contributed by atoms with Crippen LogP contribution >= 0.6 is 0 Å². The normalized spacial score (nSPS) is 12.4. The Labute approximate surface area is 98.9 Å². The molecular weight excluding hydrogens is 221 g/mol. The van der Waals surface area contributed by atoms with Gasteiger partial charge in [-0.05, 0) is 25.5 Å². The average Bonchev–Trinajstić information content (AvgIpc) is 2.79. The van der Waals surface area contributed by atoms with Crippen molar-refractivity contribution in [3.8, 4) is 0 Å². The zero-order valence-corrected chi connectivity index (χ0v) is 9.56. The van der Waals surface area contributed by atoms with Gasteiger partial charge in [0.05, 0.1) is 6.26 Å². The maximum Gasteiger partial charge on any atom is 0.217 e. The van der Waals surface area contributed by atoms with Gasteiger partial charge in [0, 0.05) is 18.5 Å². The van der Waals surface area contributed by atoms with Crippen LogP contribution in [0.1, 0.15) is 19.1 Å². The third-order valence-corrected chi connectivity index (χ3v) is 2.43. The second kappa shape index (κ2) is 5.43. The molecule has 90 valence electrons. The Morgan fingerprint density at radius 3 is 3.06 bits per heavy atom. The molecule has 0 saturated heterocycles. The summed E-state index contributed by atoms with van der Waals surface area (Å²) in [6.45, 7) is 2.02. The van der Waals surface area contributed by atoms with Gasteiger partial charge >= 0.3 is 0 Å². The summed E-state index contributed by atoms with van der Waals surface area (Å²) >= 11 is 0. The van der Waals surface area contributed by atoms with Crippen molar-refractivity contribution in [2.24, 2.45) is 0 Å². The van der Waals surface area contributed by atoms with Crippen molar-refractivity contribution in [2.45, 2.75) is 25.8 Å². The van der Waals surface area contributed by atoms with Gasteiger partial charge in [0.15, 0.2) is 0 Å². The van der Waals surface area contributed by atoms with Gasteiger partial charge in [-0.15, -0.1) is 0 Å². The summed E-state index contributed by atoms with van der Waals surface area (Å²) in [4.78, 5) is 7.34. The number of hydrogen-bond donors (Lipinski definition) is 1. The van der Waals surface area contributed by atoms with E-state index in [4.69, 9.17) is 4.42 Å². The topological polar surface area (TPSA) is 51.0 Å². The third-order valence-electron chi connectivity index (χ3n) is 2.43. The summed E-state index contributed by atoms with van der Waals surface area (Å²) in [5.41, 5.74) is 0. The van der Waals surface area contributed by atoms with E-state index in [9.17, 15) is 4.39 Å². The molecule has 0 aliphatic carbocycles. The van der Waals surface area contributed by atoms with E-state index in [0.29, 0.717) is 5.82 Å². The monoisotopic (exact) mass is 235 g/mol. The van der Waals surface area contributed by atoms with Crippen LogP contribution in [0.4, 0.5) is 10.2 Å². The van der Waals surface area contributed by atoms with Gasteiger partial charge in [0.1, 0.15) is 17.9 Å². The van der Waals surface area contributed by atoms with Gasteiger partial charge in [-0.2, -0.15) is 4.39 Å². The number of aromatic nitrogens is 2. The van der Waals surface area contributed by atoms with E-state index in [0.717, 1.165) is 18.6 Å². The molecular formula is C12H14FN3O. The van der Waals surface area contributed by atoms with Crippen molar-refractivity contribution in [3.63, 3.8) is 0 Å². The number of halogens is 1. The molecule has 0 radical (unpaired) electrons. The predicted octanol–water partition coefficient (Wildman–Crippen LogP) is 2.64. The highest BCUT2D eigenvalue weighted by Crippen LogP contribution is 2.10. The lowest BCUT2D eigenvalue weighted by molar-refractivity contribution is 0.494. The van der Waals surface area contributed by atoms with E-state index in [-0.39, 0.29) is 6.04 Å². The van der Waals surface area contributed by atoms with Gasteiger partial charge in [-0.1, -0.05) is 0 Å². The minimum absolute atomic E-state index is 0.189. The lowest BCUT2D eigenvalue weighted by Gasteiger charge is -2.13. The zero-order valence-electron chi connectivity index (χ0n) is 9.56. The van der Waals surface area contributed by atoms with Gasteiger partial charge in [0.25, 0.3) is 0 Å². The van der Waals surface area contributed by atoms with Crippen molar-refractivity contribution in [2.75, 3.05) is 5.32 Å². The molecule has 1 atom stereocenters. The molecule has 2 aromatic rings. The highest BCUT2D eigenvalue weighted by atomic mass is 19.1. The van der Waals surface area contributed by atoms with Crippen LogP contribution in [0.2, 0.25) is 0 Å². The molecule has 4 nitrogen and oxygen atoms in total. The highest BCUT2D eigenvalue weighted by Gasteiger charge is 2.05. The second-order valence-electron chi connectivity index (χ2n) is 3.89. The van der Waals surface area contributed by atoms with Crippen LogP contribution in [-0.4, -0.2) is 16.0 Å². The Bertz CT molecular complexity index is 459. The molecule has 0 aliphatic rings. The molecule has 0 saturated carbocycles. The molecule has 0 aromatic carbocycles. The molecule has 0 fully saturated rings. The Morgan fingerprint density at radius 1 is 1.47 bits per heavy atom. The van der Waals surface area contributed by atoms with Crippen LogP contribution in [0.25, 0.3) is 0 Å². The van der Waals surface area contributed by atoms with E-state index < -0.39 is 5.95 Å². The summed E-state index contributed by atoms with van der Waals surface area (Å²) in [5.74, 6) is 0.928. The van der Waals surface area contributed by atoms with Crippen molar-refractivity contribution in [3.05, 3.63) is 42.5 Å². The SMILES string of the molecule is CC(CCc1ccco1)Nc1cc(F)ncn1. The van der Waals surface area contributed by atoms with Crippen LogP contribution < -0.4 is 5.32 Å². The number of hydrogen-bond acceptors (Lipinski definition) is 4. The molecule has 2 rings (SSSR count). The number of anilines is 1. The van der Waals surface area contributed by atoms with Crippen molar-refractivity contribution in [1.29, 1.82) is 0 Å².